The van der Waals surface area contributed by atoms with Gasteiger partial charge in [0.25, 0.3) is 0 Å². The normalized spacial score (nSPS) is 14.7. The van der Waals surface area contributed by atoms with Crippen LogP contribution in [0.4, 0.5) is 10.1 Å². The average Bonchev–Trinajstić information content (AvgIpc) is 2.27. The molecule has 1 aromatic carbocycles. The van der Waals surface area contributed by atoms with Gasteiger partial charge in [-0.25, -0.2) is 4.39 Å². The Morgan fingerprint density at radius 1 is 1.38 bits per heavy atom. The van der Waals surface area contributed by atoms with Crippen molar-refractivity contribution in [1.29, 1.82) is 0 Å². The maximum absolute atomic E-state index is 13.2. The highest BCUT2D eigenvalue weighted by Gasteiger charge is 2.11. The standard InChI is InChI=1S/C10H8FNO/c11-8-4-2-5-9-7(8)3-1-6-10(13)12-9/h1-2,4-6H,3H2,(H,12,13). The topological polar surface area (TPSA) is 29.1 Å². The number of anilines is 1. The zero-order valence-corrected chi connectivity index (χ0v) is 6.88. The van der Waals surface area contributed by atoms with Crippen molar-refractivity contribution >= 4 is 11.6 Å². The van der Waals surface area contributed by atoms with Gasteiger partial charge in [-0.15, -0.1) is 0 Å². The molecule has 0 saturated heterocycles. The second-order valence-electron chi connectivity index (χ2n) is 2.86. The van der Waals surface area contributed by atoms with Crippen molar-refractivity contribution in [3.05, 3.63) is 41.7 Å². The number of hydrogen-bond acceptors (Lipinski definition) is 1. The van der Waals surface area contributed by atoms with E-state index < -0.39 is 0 Å². The number of hydrogen-bond donors (Lipinski definition) is 1. The number of rotatable bonds is 0. The molecule has 2 rings (SSSR count). The van der Waals surface area contributed by atoms with Crippen LogP contribution in [0.1, 0.15) is 5.56 Å². The Labute approximate surface area is 75.1 Å². The maximum atomic E-state index is 13.2. The van der Waals surface area contributed by atoms with E-state index in [1.807, 2.05) is 0 Å². The van der Waals surface area contributed by atoms with Gasteiger partial charge in [-0.1, -0.05) is 12.1 Å². The van der Waals surface area contributed by atoms with Crippen LogP contribution < -0.4 is 5.32 Å². The highest BCUT2D eigenvalue weighted by atomic mass is 19.1. The molecule has 1 amide bonds. The Kier molecular flexibility index (Phi) is 1.85. The molecule has 1 aromatic rings. The third-order valence-electron chi connectivity index (χ3n) is 1.97. The molecule has 1 aliphatic rings. The van der Waals surface area contributed by atoms with E-state index in [1.54, 1.807) is 18.2 Å². The summed E-state index contributed by atoms with van der Waals surface area (Å²) >= 11 is 0. The van der Waals surface area contributed by atoms with E-state index in [1.165, 1.54) is 12.1 Å². The number of fused-ring (bicyclic) bond motifs is 1. The fourth-order valence-corrected chi connectivity index (χ4v) is 1.34. The number of amides is 1. The smallest absolute Gasteiger partial charge is 0.248 e. The predicted octanol–water partition coefficient (Wildman–Crippen LogP) is 1.88. The van der Waals surface area contributed by atoms with Crippen molar-refractivity contribution in [3.63, 3.8) is 0 Å². The van der Waals surface area contributed by atoms with Crippen molar-refractivity contribution in [2.45, 2.75) is 6.42 Å². The molecule has 2 nitrogen and oxygen atoms in total. The Bertz CT molecular complexity index is 385. The van der Waals surface area contributed by atoms with Gasteiger partial charge in [0.2, 0.25) is 5.91 Å². The van der Waals surface area contributed by atoms with Crippen LogP contribution in [0.25, 0.3) is 0 Å². The number of halogens is 1. The molecule has 3 heteroatoms. The molecule has 66 valence electrons. The van der Waals surface area contributed by atoms with Gasteiger partial charge in [0.1, 0.15) is 5.82 Å². The molecule has 0 saturated carbocycles. The third-order valence-corrected chi connectivity index (χ3v) is 1.97. The zero-order valence-electron chi connectivity index (χ0n) is 6.88. The van der Waals surface area contributed by atoms with E-state index in [4.69, 9.17) is 0 Å². The van der Waals surface area contributed by atoms with Crippen LogP contribution in [0.15, 0.2) is 30.4 Å². The SMILES string of the molecule is O=C1C=CCc2c(F)cccc2N1. The summed E-state index contributed by atoms with van der Waals surface area (Å²) in [5.41, 5.74) is 1.11. The summed E-state index contributed by atoms with van der Waals surface area (Å²) in [6.45, 7) is 0. The fraction of sp³-hybridized carbons (Fsp3) is 0.100. The lowest BCUT2D eigenvalue weighted by molar-refractivity contribution is -0.111. The summed E-state index contributed by atoms with van der Waals surface area (Å²) in [5.74, 6) is -0.478. The highest BCUT2D eigenvalue weighted by molar-refractivity contribution is 6.00. The van der Waals surface area contributed by atoms with Crippen LogP contribution in [0.3, 0.4) is 0 Å². The molecular formula is C10H8FNO. The van der Waals surface area contributed by atoms with Crippen LogP contribution >= 0.6 is 0 Å². The summed E-state index contributed by atoms with van der Waals surface area (Å²) in [6.07, 6.45) is 3.53. The number of carbonyl (C=O) groups is 1. The van der Waals surface area contributed by atoms with Gasteiger partial charge in [0, 0.05) is 11.3 Å². The number of allylic oxidation sites excluding steroid dienone is 1. The molecule has 1 heterocycles. The summed E-state index contributed by atoms with van der Waals surface area (Å²) in [7, 11) is 0. The van der Waals surface area contributed by atoms with Gasteiger partial charge < -0.3 is 5.32 Å². The zero-order chi connectivity index (χ0) is 9.26. The van der Waals surface area contributed by atoms with Crippen molar-refractivity contribution in [3.8, 4) is 0 Å². The molecule has 0 aliphatic carbocycles. The Balaban J connectivity index is 2.51. The number of benzene rings is 1. The van der Waals surface area contributed by atoms with Crippen LogP contribution in [-0.4, -0.2) is 5.91 Å². The third kappa shape index (κ3) is 1.45. The number of carbonyl (C=O) groups excluding carboxylic acids is 1. The second-order valence-corrected chi connectivity index (χ2v) is 2.86. The summed E-state index contributed by atoms with van der Waals surface area (Å²) in [4.78, 5) is 11.0. The van der Waals surface area contributed by atoms with Gasteiger partial charge >= 0.3 is 0 Å². The van der Waals surface area contributed by atoms with Gasteiger partial charge in [0.15, 0.2) is 0 Å². The summed E-state index contributed by atoms with van der Waals surface area (Å²) < 4.78 is 13.2. The fourth-order valence-electron chi connectivity index (χ4n) is 1.34. The van der Waals surface area contributed by atoms with Crippen LogP contribution in [-0.2, 0) is 11.2 Å². The van der Waals surface area contributed by atoms with Crippen LogP contribution in [0.5, 0.6) is 0 Å². The molecule has 13 heavy (non-hydrogen) atoms. The first-order valence-corrected chi connectivity index (χ1v) is 4.02. The second kappa shape index (κ2) is 3.01. The van der Waals surface area contributed by atoms with E-state index in [-0.39, 0.29) is 11.7 Å². The first-order valence-electron chi connectivity index (χ1n) is 4.02. The van der Waals surface area contributed by atoms with Crippen LogP contribution in [0, 0.1) is 5.82 Å². The van der Waals surface area contributed by atoms with Crippen LogP contribution in [0.2, 0.25) is 0 Å². The largest absolute Gasteiger partial charge is 0.322 e. The number of nitrogens with one attached hydrogen (secondary N) is 1. The van der Waals surface area contributed by atoms with Crippen molar-refractivity contribution < 1.29 is 9.18 Å². The Hall–Kier alpha value is -1.64. The first-order chi connectivity index (χ1) is 6.27. The minimum Gasteiger partial charge on any atom is -0.322 e. The Morgan fingerprint density at radius 3 is 3.08 bits per heavy atom. The average molecular weight is 177 g/mol. The maximum Gasteiger partial charge on any atom is 0.248 e. The first kappa shape index (κ1) is 7.98. The van der Waals surface area contributed by atoms with Gasteiger partial charge in [0.05, 0.1) is 0 Å². The molecule has 0 radical (unpaired) electrons. The quantitative estimate of drug-likeness (QED) is 0.644. The molecule has 0 spiro atoms. The monoisotopic (exact) mass is 177 g/mol. The van der Waals surface area contributed by atoms with Gasteiger partial charge in [-0.3, -0.25) is 4.79 Å². The van der Waals surface area contributed by atoms with E-state index in [0.717, 1.165) is 0 Å². The highest BCUT2D eigenvalue weighted by Crippen LogP contribution is 2.21. The van der Waals surface area contributed by atoms with E-state index >= 15 is 0 Å². The molecule has 0 atom stereocenters. The van der Waals surface area contributed by atoms with Gasteiger partial charge in [-0.05, 0) is 24.6 Å². The summed E-state index contributed by atoms with van der Waals surface area (Å²) in [6, 6.07) is 4.67. The Morgan fingerprint density at radius 2 is 2.23 bits per heavy atom. The molecule has 1 N–H and O–H groups in total. The minimum absolute atomic E-state index is 0.204. The molecule has 0 aromatic heterocycles. The molecular weight excluding hydrogens is 169 g/mol. The predicted molar refractivity (Wildman–Crippen MR) is 47.9 cm³/mol. The molecule has 0 bridgehead atoms. The van der Waals surface area contributed by atoms with Crippen molar-refractivity contribution in [2.24, 2.45) is 0 Å². The van der Waals surface area contributed by atoms with E-state index in [9.17, 15) is 9.18 Å². The van der Waals surface area contributed by atoms with Crippen molar-refractivity contribution in [1.82, 2.24) is 0 Å². The molecule has 1 aliphatic heterocycles. The van der Waals surface area contributed by atoms with E-state index in [2.05, 4.69) is 5.32 Å². The summed E-state index contributed by atoms with van der Waals surface area (Å²) in [5, 5.41) is 2.60. The molecule has 0 fully saturated rings. The van der Waals surface area contributed by atoms with Crippen molar-refractivity contribution in [2.75, 3.05) is 5.32 Å². The molecule has 0 unspecified atom stereocenters. The van der Waals surface area contributed by atoms with E-state index in [0.29, 0.717) is 17.7 Å². The minimum atomic E-state index is -0.274. The van der Waals surface area contributed by atoms with Gasteiger partial charge in [-0.2, -0.15) is 0 Å². The lowest BCUT2D eigenvalue weighted by Gasteiger charge is -2.06. The lowest BCUT2D eigenvalue weighted by Crippen LogP contribution is -2.07. The lowest BCUT2D eigenvalue weighted by atomic mass is 10.1.